The maximum absolute atomic E-state index is 12.1. The minimum absolute atomic E-state index is 0.0837. The Morgan fingerprint density at radius 2 is 2.21 bits per heavy atom. The molecule has 0 saturated carbocycles. The number of thioether (sulfide) groups is 1. The number of amides is 1. The van der Waals surface area contributed by atoms with Crippen LogP contribution in [-0.4, -0.2) is 62.9 Å². The number of tetrazole rings is 1. The number of aromatic nitrogens is 4. The fraction of sp³-hybridized carbons (Fsp3) is 0.500. The molecule has 0 radical (unpaired) electrons. The molecule has 1 amide bonds. The number of carbonyl (C=O) groups is 1. The summed E-state index contributed by atoms with van der Waals surface area (Å²) in [5, 5.41) is 15.0. The quantitative estimate of drug-likeness (QED) is 0.593. The van der Waals surface area contributed by atoms with Gasteiger partial charge in [-0.15, -0.1) is 5.10 Å². The van der Waals surface area contributed by atoms with Crippen molar-refractivity contribution in [3.63, 3.8) is 0 Å². The fourth-order valence-electron chi connectivity index (χ4n) is 2.91. The summed E-state index contributed by atoms with van der Waals surface area (Å²) in [4.78, 5) is 14.3. The highest BCUT2D eigenvalue weighted by Crippen LogP contribution is 2.26. The van der Waals surface area contributed by atoms with Crippen molar-refractivity contribution in [2.75, 3.05) is 31.9 Å². The van der Waals surface area contributed by atoms with Crippen LogP contribution in [0, 0.1) is 0 Å². The molecular weight excluding hydrogens is 324 g/mol. The molecule has 3 rings (SSSR count). The number of carbonyl (C=O) groups excluding carboxylic acids is 1. The number of aryl methyl sites for hydroxylation is 1. The molecule has 1 aliphatic rings. The normalized spacial score (nSPS) is 18.0. The van der Waals surface area contributed by atoms with Crippen LogP contribution in [0.4, 0.5) is 0 Å². The minimum Gasteiger partial charge on any atom is -0.354 e. The summed E-state index contributed by atoms with van der Waals surface area (Å²) in [6.07, 6.45) is 1.12. The Balaban J connectivity index is 1.35. The van der Waals surface area contributed by atoms with Gasteiger partial charge in [-0.3, -0.25) is 9.69 Å². The second kappa shape index (κ2) is 8.25. The van der Waals surface area contributed by atoms with Gasteiger partial charge in [0.15, 0.2) is 0 Å². The molecule has 1 aromatic carbocycles. The van der Waals surface area contributed by atoms with Gasteiger partial charge in [0.1, 0.15) is 0 Å². The van der Waals surface area contributed by atoms with E-state index < -0.39 is 0 Å². The zero-order chi connectivity index (χ0) is 16.8. The van der Waals surface area contributed by atoms with Gasteiger partial charge in [0, 0.05) is 25.9 Å². The zero-order valence-electron chi connectivity index (χ0n) is 13.8. The molecule has 0 aliphatic carbocycles. The lowest BCUT2D eigenvalue weighted by Gasteiger charge is -2.15. The zero-order valence-corrected chi connectivity index (χ0v) is 14.6. The van der Waals surface area contributed by atoms with Crippen molar-refractivity contribution in [1.29, 1.82) is 0 Å². The van der Waals surface area contributed by atoms with Gasteiger partial charge in [0.25, 0.3) is 0 Å². The molecule has 2 heterocycles. The van der Waals surface area contributed by atoms with Crippen LogP contribution in [-0.2, 0) is 11.8 Å². The standard InChI is InChI=1S/C16H22N6OS/c1-21-16(18-19-20-21)24-10-8-17-15(23)12-22-9-7-14(11-22)13-5-3-2-4-6-13/h2-6,14H,7-12H2,1H3,(H,17,23). The van der Waals surface area contributed by atoms with Crippen molar-refractivity contribution in [3.8, 4) is 0 Å². The van der Waals surface area contributed by atoms with Crippen LogP contribution in [0.2, 0.25) is 0 Å². The lowest BCUT2D eigenvalue weighted by molar-refractivity contribution is -0.121. The molecule has 0 spiro atoms. The monoisotopic (exact) mass is 346 g/mol. The maximum atomic E-state index is 12.1. The van der Waals surface area contributed by atoms with E-state index >= 15 is 0 Å². The summed E-state index contributed by atoms with van der Waals surface area (Å²) in [7, 11) is 1.80. The highest BCUT2D eigenvalue weighted by atomic mass is 32.2. The molecule has 24 heavy (non-hydrogen) atoms. The molecule has 1 aliphatic heterocycles. The lowest BCUT2D eigenvalue weighted by atomic mass is 9.99. The van der Waals surface area contributed by atoms with Gasteiger partial charge in [-0.2, -0.15) is 0 Å². The van der Waals surface area contributed by atoms with Crippen LogP contribution < -0.4 is 5.32 Å². The van der Waals surface area contributed by atoms with Crippen LogP contribution >= 0.6 is 11.8 Å². The molecule has 1 unspecified atom stereocenters. The third kappa shape index (κ3) is 4.55. The van der Waals surface area contributed by atoms with E-state index in [9.17, 15) is 4.79 Å². The van der Waals surface area contributed by atoms with Gasteiger partial charge in [-0.1, -0.05) is 42.1 Å². The van der Waals surface area contributed by atoms with Gasteiger partial charge in [-0.05, 0) is 34.9 Å². The van der Waals surface area contributed by atoms with Crippen LogP contribution in [0.25, 0.3) is 0 Å². The molecule has 0 bridgehead atoms. The van der Waals surface area contributed by atoms with Crippen molar-refractivity contribution >= 4 is 17.7 Å². The highest BCUT2D eigenvalue weighted by molar-refractivity contribution is 7.99. The first kappa shape index (κ1) is 16.9. The summed E-state index contributed by atoms with van der Waals surface area (Å²) in [5.74, 6) is 1.38. The lowest BCUT2D eigenvalue weighted by Crippen LogP contribution is -2.37. The molecular formula is C16H22N6OS. The van der Waals surface area contributed by atoms with E-state index in [-0.39, 0.29) is 5.91 Å². The topological polar surface area (TPSA) is 75.9 Å². The van der Waals surface area contributed by atoms with Crippen molar-refractivity contribution in [3.05, 3.63) is 35.9 Å². The Bertz CT molecular complexity index is 662. The van der Waals surface area contributed by atoms with Crippen LogP contribution in [0.5, 0.6) is 0 Å². The van der Waals surface area contributed by atoms with Gasteiger partial charge >= 0.3 is 0 Å². The first-order chi connectivity index (χ1) is 11.7. The van der Waals surface area contributed by atoms with E-state index in [2.05, 4.69) is 50.0 Å². The van der Waals surface area contributed by atoms with E-state index in [0.29, 0.717) is 19.0 Å². The van der Waals surface area contributed by atoms with E-state index in [4.69, 9.17) is 0 Å². The molecule has 7 nitrogen and oxygen atoms in total. The van der Waals surface area contributed by atoms with Gasteiger partial charge in [0.05, 0.1) is 6.54 Å². The number of likely N-dealkylation sites (tertiary alicyclic amines) is 1. The maximum Gasteiger partial charge on any atom is 0.234 e. The number of nitrogens with one attached hydrogen (secondary N) is 1. The van der Waals surface area contributed by atoms with E-state index in [0.717, 1.165) is 30.4 Å². The van der Waals surface area contributed by atoms with Crippen LogP contribution in [0.3, 0.4) is 0 Å². The van der Waals surface area contributed by atoms with Crippen LogP contribution in [0.15, 0.2) is 35.5 Å². The molecule has 128 valence electrons. The van der Waals surface area contributed by atoms with Crippen molar-refractivity contribution in [2.45, 2.75) is 17.5 Å². The minimum atomic E-state index is 0.0837. The predicted octanol–water partition coefficient (Wildman–Crippen LogP) is 0.908. The molecule has 8 heteroatoms. The first-order valence-electron chi connectivity index (χ1n) is 8.11. The summed E-state index contributed by atoms with van der Waals surface area (Å²) in [5.41, 5.74) is 1.37. The van der Waals surface area contributed by atoms with Gasteiger partial charge < -0.3 is 5.32 Å². The van der Waals surface area contributed by atoms with E-state index in [1.807, 2.05) is 6.07 Å². The molecule has 1 saturated heterocycles. The second-order valence-corrected chi connectivity index (χ2v) is 6.98. The molecule has 1 aromatic heterocycles. The first-order valence-corrected chi connectivity index (χ1v) is 9.10. The number of benzene rings is 1. The largest absolute Gasteiger partial charge is 0.354 e. The summed E-state index contributed by atoms with van der Waals surface area (Å²) < 4.78 is 1.63. The Kier molecular flexibility index (Phi) is 5.81. The molecule has 1 N–H and O–H groups in total. The fourth-order valence-corrected chi connectivity index (χ4v) is 3.61. The second-order valence-electron chi connectivity index (χ2n) is 5.91. The van der Waals surface area contributed by atoms with Gasteiger partial charge in [0.2, 0.25) is 11.1 Å². The summed E-state index contributed by atoms with van der Waals surface area (Å²) in [6, 6.07) is 10.5. The average Bonchev–Trinajstić information content (AvgIpc) is 3.22. The Morgan fingerprint density at radius 3 is 2.96 bits per heavy atom. The van der Waals surface area contributed by atoms with Crippen LogP contribution in [0.1, 0.15) is 17.9 Å². The van der Waals surface area contributed by atoms with E-state index in [1.54, 1.807) is 11.7 Å². The number of rotatable bonds is 7. The summed E-state index contributed by atoms with van der Waals surface area (Å²) >= 11 is 1.53. The molecule has 1 atom stereocenters. The van der Waals surface area contributed by atoms with Crippen molar-refractivity contribution in [2.24, 2.45) is 7.05 Å². The van der Waals surface area contributed by atoms with Crippen molar-refractivity contribution < 1.29 is 4.79 Å². The highest BCUT2D eigenvalue weighted by Gasteiger charge is 2.24. The Morgan fingerprint density at radius 1 is 1.38 bits per heavy atom. The number of hydrogen-bond acceptors (Lipinski definition) is 6. The van der Waals surface area contributed by atoms with Gasteiger partial charge in [-0.25, -0.2) is 4.68 Å². The third-order valence-electron chi connectivity index (χ3n) is 4.15. The molecule has 1 fully saturated rings. The number of nitrogens with zero attached hydrogens (tertiary/aromatic N) is 5. The smallest absolute Gasteiger partial charge is 0.234 e. The predicted molar refractivity (Wildman–Crippen MR) is 92.8 cm³/mol. The van der Waals surface area contributed by atoms with Crippen molar-refractivity contribution in [1.82, 2.24) is 30.4 Å². The number of hydrogen-bond donors (Lipinski definition) is 1. The third-order valence-corrected chi connectivity index (χ3v) is 5.16. The summed E-state index contributed by atoms with van der Waals surface area (Å²) in [6.45, 7) is 3.02. The SMILES string of the molecule is Cn1nnnc1SCCNC(=O)CN1CCC(c2ccccc2)C1. The molecule has 2 aromatic rings. The Hall–Kier alpha value is -1.93. The Labute approximate surface area is 145 Å². The average molecular weight is 346 g/mol. The van der Waals surface area contributed by atoms with E-state index in [1.165, 1.54) is 17.3 Å².